The van der Waals surface area contributed by atoms with Gasteiger partial charge in [-0.2, -0.15) is 0 Å². The van der Waals surface area contributed by atoms with Crippen molar-refractivity contribution in [3.63, 3.8) is 0 Å². The van der Waals surface area contributed by atoms with Crippen molar-refractivity contribution in [2.45, 2.75) is 6.92 Å². The minimum atomic E-state index is -0.286. The quantitative estimate of drug-likeness (QED) is 0.813. The SMILES string of the molecule is CC(CO)CNC(=O)c1cc(Cl)nc(Cl)c1. The first-order valence-corrected chi connectivity index (χ1v) is 5.50. The molecule has 1 rings (SSSR count). The highest BCUT2D eigenvalue weighted by atomic mass is 35.5. The van der Waals surface area contributed by atoms with Gasteiger partial charge in [0.05, 0.1) is 0 Å². The van der Waals surface area contributed by atoms with Crippen molar-refractivity contribution in [1.82, 2.24) is 10.3 Å². The molecule has 1 unspecified atom stereocenters. The number of aromatic nitrogens is 1. The van der Waals surface area contributed by atoms with Gasteiger partial charge in [-0.25, -0.2) is 4.98 Å². The van der Waals surface area contributed by atoms with Gasteiger partial charge in [-0.05, 0) is 18.1 Å². The largest absolute Gasteiger partial charge is 0.396 e. The summed E-state index contributed by atoms with van der Waals surface area (Å²) in [5.74, 6) is -0.275. The van der Waals surface area contributed by atoms with Crippen LogP contribution < -0.4 is 5.32 Å². The maximum Gasteiger partial charge on any atom is 0.251 e. The molecule has 6 heteroatoms. The van der Waals surface area contributed by atoms with Crippen LogP contribution in [0.25, 0.3) is 0 Å². The molecule has 0 aliphatic heterocycles. The van der Waals surface area contributed by atoms with Crippen LogP contribution in [0.4, 0.5) is 0 Å². The van der Waals surface area contributed by atoms with Crippen LogP contribution in [-0.4, -0.2) is 29.1 Å². The number of hydrogen-bond donors (Lipinski definition) is 2. The van der Waals surface area contributed by atoms with Crippen molar-refractivity contribution in [1.29, 1.82) is 0 Å². The number of halogens is 2. The smallest absolute Gasteiger partial charge is 0.251 e. The van der Waals surface area contributed by atoms with Crippen molar-refractivity contribution in [3.8, 4) is 0 Å². The second kappa shape index (κ2) is 6.03. The second-order valence-corrected chi connectivity index (χ2v) is 4.27. The van der Waals surface area contributed by atoms with Crippen LogP contribution in [0.3, 0.4) is 0 Å². The lowest BCUT2D eigenvalue weighted by molar-refractivity contribution is 0.0942. The van der Waals surface area contributed by atoms with E-state index in [1.165, 1.54) is 12.1 Å². The minimum absolute atomic E-state index is 0.0109. The summed E-state index contributed by atoms with van der Waals surface area (Å²) in [5.41, 5.74) is 0.357. The molecule has 0 saturated heterocycles. The third-order valence-corrected chi connectivity index (χ3v) is 2.34. The van der Waals surface area contributed by atoms with E-state index in [-0.39, 0.29) is 28.7 Å². The predicted molar refractivity (Wildman–Crippen MR) is 62.8 cm³/mol. The number of rotatable bonds is 4. The fraction of sp³-hybridized carbons (Fsp3) is 0.400. The fourth-order valence-corrected chi connectivity index (χ4v) is 1.49. The average molecular weight is 263 g/mol. The van der Waals surface area contributed by atoms with Crippen LogP contribution >= 0.6 is 23.2 Å². The van der Waals surface area contributed by atoms with E-state index < -0.39 is 0 Å². The van der Waals surface area contributed by atoms with Crippen LogP contribution in [0.15, 0.2) is 12.1 Å². The second-order valence-electron chi connectivity index (χ2n) is 3.50. The number of nitrogens with zero attached hydrogens (tertiary/aromatic N) is 1. The summed E-state index contributed by atoms with van der Waals surface area (Å²) in [5, 5.41) is 11.8. The summed E-state index contributed by atoms with van der Waals surface area (Å²) >= 11 is 11.3. The molecule has 0 spiro atoms. The minimum Gasteiger partial charge on any atom is -0.396 e. The molecule has 0 aliphatic carbocycles. The average Bonchev–Trinajstić information content (AvgIpc) is 2.23. The van der Waals surface area contributed by atoms with E-state index >= 15 is 0 Å². The number of pyridine rings is 1. The van der Waals surface area contributed by atoms with Gasteiger partial charge in [0.1, 0.15) is 10.3 Å². The monoisotopic (exact) mass is 262 g/mol. The number of aliphatic hydroxyl groups is 1. The first-order chi connectivity index (χ1) is 7.52. The molecule has 0 aromatic carbocycles. The Morgan fingerprint density at radius 2 is 2.06 bits per heavy atom. The van der Waals surface area contributed by atoms with Crippen molar-refractivity contribution in [2.24, 2.45) is 5.92 Å². The Bertz CT molecular complexity index is 365. The molecule has 1 heterocycles. The molecule has 0 radical (unpaired) electrons. The number of nitrogens with one attached hydrogen (secondary N) is 1. The van der Waals surface area contributed by atoms with Gasteiger partial charge in [0.15, 0.2) is 0 Å². The summed E-state index contributed by atoms with van der Waals surface area (Å²) in [6, 6.07) is 2.87. The van der Waals surface area contributed by atoms with Crippen molar-refractivity contribution < 1.29 is 9.90 Å². The molecule has 4 nitrogen and oxygen atoms in total. The van der Waals surface area contributed by atoms with Crippen molar-refractivity contribution in [2.75, 3.05) is 13.2 Å². The standard InChI is InChI=1S/C10H12Cl2N2O2/c1-6(5-15)4-13-10(16)7-2-8(11)14-9(12)3-7/h2-3,6,15H,4-5H2,1H3,(H,13,16). The molecule has 88 valence electrons. The maximum atomic E-state index is 11.6. The number of carbonyl (C=O) groups excluding carboxylic acids is 1. The Morgan fingerprint density at radius 3 is 2.56 bits per heavy atom. The van der Waals surface area contributed by atoms with E-state index in [9.17, 15) is 4.79 Å². The van der Waals surface area contributed by atoms with Crippen LogP contribution in [0.5, 0.6) is 0 Å². The molecular weight excluding hydrogens is 251 g/mol. The van der Waals surface area contributed by atoms with E-state index in [4.69, 9.17) is 28.3 Å². The molecule has 0 aliphatic rings. The summed E-state index contributed by atoms with van der Waals surface area (Å²) in [7, 11) is 0. The molecule has 1 aromatic rings. The highest BCUT2D eigenvalue weighted by Crippen LogP contribution is 2.14. The van der Waals surface area contributed by atoms with E-state index in [2.05, 4.69) is 10.3 Å². The van der Waals surface area contributed by atoms with Crippen LogP contribution in [0.2, 0.25) is 10.3 Å². The van der Waals surface area contributed by atoms with Gasteiger partial charge in [0.25, 0.3) is 5.91 Å². The van der Waals surface area contributed by atoms with Gasteiger partial charge in [-0.1, -0.05) is 30.1 Å². The number of hydrogen-bond acceptors (Lipinski definition) is 3. The normalized spacial score (nSPS) is 12.2. The fourth-order valence-electron chi connectivity index (χ4n) is 1.03. The highest BCUT2D eigenvalue weighted by Gasteiger charge is 2.09. The molecule has 1 atom stereocenters. The lowest BCUT2D eigenvalue weighted by Gasteiger charge is -2.09. The topological polar surface area (TPSA) is 62.2 Å². The Hall–Kier alpha value is -0.840. The van der Waals surface area contributed by atoms with Crippen LogP contribution in [0, 0.1) is 5.92 Å². The van der Waals surface area contributed by atoms with Gasteiger partial charge in [0, 0.05) is 18.7 Å². The Kier molecular flexibility index (Phi) is 4.99. The van der Waals surface area contributed by atoms with E-state index in [1.807, 2.05) is 6.92 Å². The Labute approximate surface area is 104 Å². The Balaban J connectivity index is 2.66. The molecule has 0 saturated carbocycles. The van der Waals surface area contributed by atoms with Crippen LogP contribution in [0.1, 0.15) is 17.3 Å². The van der Waals surface area contributed by atoms with Gasteiger partial charge < -0.3 is 10.4 Å². The number of amides is 1. The van der Waals surface area contributed by atoms with Gasteiger partial charge in [-0.3, -0.25) is 4.79 Å². The van der Waals surface area contributed by atoms with Crippen molar-refractivity contribution >= 4 is 29.1 Å². The van der Waals surface area contributed by atoms with E-state index in [0.29, 0.717) is 12.1 Å². The summed E-state index contributed by atoms with van der Waals surface area (Å²) in [4.78, 5) is 15.4. The molecule has 0 bridgehead atoms. The van der Waals surface area contributed by atoms with Crippen molar-refractivity contribution in [3.05, 3.63) is 28.0 Å². The molecule has 0 fully saturated rings. The van der Waals surface area contributed by atoms with Gasteiger partial charge >= 0.3 is 0 Å². The summed E-state index contributed by atoms with van der Waals surface area (Å²) in [6.45, 7) is 2.25. The lowest BCUT2D eigenvalue weighted by Crippen LogP contribution is -2.29. The zero-order valence-corrected chi connectivity index (χ0v) is 10.2. The first kappa shape index (κ1) is 13.2. The summed E-state index contributed by atoms with van der Waals surface area (Å²) in [6.07, 6.45) is 0. The van der Waals surface area contributed by atoms with Crippen LogP contribution in [-0.2, 0) is 0 Å². The molecule has 1 amide bonds. The summed E-state index contributed by atoms with van der Waals surface area (Å²) < 4.78 is 0. The third kappa shape index (κ3) is 3.96. The first-order valence-electron chi connectivity index (χ1n) is 4.75. The maximum absolute atomic E-state index is 11.6. The van der Waals surface area contributed by atoms with Gasteiger partial charge in [-0.15, -0.1) is 0 Å². The zero-order chi connectivity index (χ0) is 12.1. The Morgan fingerprint density at radius 1 is 1.50 bits per heavy atom. The third-order valence-electron chi connectivity index (χ3n) is 1.95. The number of aliphatic hydroxyl groups excluding tert-OH is 1. The lowest BCUT2D eigenvalue weighted by atomic mass is 10.2. The zero-order valence-electron chi connectivity index (χ0n) is 8.70. The molecular formula is C10H12Cl2N2O2. The van der Waals surface area contributed by atoms with E-state index in [0.717, 1.165) is 0 Å². The van der Waals surface area contributed by atoms with E-state index in [1.54, 1.807) is 0 Å². The molecule has 1 aromatic heterocycles. The number of carbonyl (C=O) groups is 1. The predicted octanol–water partition coefficient (Wildman–Crippen LogP) is 1.75. The van der Waals surface area contributed by atoms with Gasteiger partial charge in [0.2, 0.25) is 0 Å². The molecule has 2 N–H and O–H groups in total. The molecule has 16 heavy (non-hydrogen) atoms. The highest BCUT2D eigenvalue weighted by molar-refractivity contribution is 6.33.